The van der Waals surface area contributed by atoms with E-state index in [1.807, 2.05) is 18.2 Å². The monoisotopic (exact) mass is 262 g/mol. The van der Waals surface area contributed by atoms with E-state index in [2.05, 4.69) is 10.6 Å². The van der Waals surface area contributed by atoms with Gasteiger partial charge in [-0.25, -0.2) is 0 Å². The summed E-state index contributed by atoms with van der Waals surface area (Å²) < 4.78 is 11.2. The van der Waals surface area contributed by atoms with Gasteiger partial charge in [0, 0.05) is 6.54 Å². The number of carbonyl (C=O) groups excluding carboxylic acids is 1. The van der Waals surface area contributed by atoms with Crippen LogP contribution in [0.2, 0.25) is 0 Å². The molecule has 19 heavy (non-hydrogen) atoms. The van der Waals surface area contributed by atoms with Crippen LogP contribution in [-0.2, 0) is 9.53 Å². The fraction of sp³-hybridized carbons (Fsp3) is 0.500. The van der Waals surface area contributed by atoms with Crippen molar-refractivity contribution >= 4 is 11.6 Å². The van der Waals surface area contributed by atoms with Crippen molar-refractivity contribution in [2.24, 2.45) is 0 Å². The molecule has 3 rings (SSSR count). The average Bonchev–Trinajstić information content (AvgIpc) is 2.40. The molecule has 0 aliphatic carbocycles. The first-order valence-corrected chi connectivity index (χ1v) is 6.52. The Morgan fingerprint density at radius 3 is 2.95 bits per heavy atom. The van der Waals surface area contributed by atoms with Gasteiger partial charge >= 0.3 is 0 Å². The molecule has 5 nitrogen and oxygen atoms in total. The van der Waals surface area contributed by atoms with Gasteiger partial charge in [-0.05, 0) is 31.5 Å². The molecule has 1 atom stereocenters. The van der Waals surface area contributed by atoms with Crippen molar-refractivity contribution in [2.75, 3.05) is 25.1 Å². The molecule has 2 aliphatic rings. The summed E-state index contributed by atoms with van der Waals surface area (Å²) in [6.45, 7) is 5.79. The number of amides is 1. The van der Waals surface area contributed by atoms with Crippen LogP contribution in [-0.4, -0.2) is 31.3 Å². The van der Waals surface area contributed by atoms with E-state index in [1.165, 1.54) is 0 Å². The number of benzene rings is 1. The van der Waals surface area contributed by atoms with Crippen molar-refractivity contribution in [3.8, 4) is 5.75 Å². The molecule has 1 unspecified atom stereocenters. The third-order valence-corrected chi connectivity index (χ3v) is 3.49. The number of carbonyl (C=O) groups is 1. The molecule has 1 fully saturated rings. The summed E-state index contributed by atoms with van der Waals surface area (Å²) in [5, 5.41) is 6.27. The van der Waals surface area contributed by atoms with Crippen LogP contribution in [0, 0.1) is 0 Å². The third-order valence-electron chi connectivity index (χ3n) is 3.49. The summed E-state index contributed by atoms with van der Waals surface area (Å²) in [6.07, 6.45) is 0. The maximum absolute atomic E-state index is 11.8. The highest BCUT2D eigenvalue weighted by molar-refractivity contribution is 6.00. The highest BCUT2D eigenvalue weighted by Gasteiger charge is 2.35. The largest absolute Gasteiger partial charge is 0.476 e. The van der Waals surface area contributed by atoms with Gasteiger partial charge in [0.15, 0.2) is 5.60 Å². The molecular formula is C14H18N2O3. The Kier molecular flexibility index (Phi) is 2.95. The second-order valence-corrected chi connectivity index (χ2v) is 5.40. The molecule has 1 aromatic carbocycles. The zero-order valence-electron chi connectivity index (χ0n) is 11.2. The lowest BCUT2D eigenvalue weighted by Gasteiger charge is -2.32. The van der Waals surface area contributed by atoms with Crippen molar-refractivity contribution < 1.29 is 14.3 Å². The average molecular weight is 262 g/mol. The van der Waals surface area contributed by atoms with Crippen molar-refractivity contribution in [1.29, 1.82) is 0 Å². The number of rotatable bonds is 1. The Morgan fingerprint density at radius 1 is 1.37 bits per heavy atom. The van der Waals surface area contributed by atoms with Gasteiger partial charge in [-0.15, -0.1) is 0 Å². The lowest BCUT2D eigenvalue weighted by atomic mass is 10.0. The molecule has 1 aromatic rings. The standard InChI is InChI=1S/C14H18N2O3/c1-14(2)13(17)16-10-4-3-9(7-12(10)19-14)11-8-18-6-5-15-11/h3-4,7,11,15H,5-6,8H2,1-2H3,(H,16,17). The molecule has 0 saturated carbocycles. The van der Waals surface area contributed by atoms with Crippen LogP contribution < -0.4 is 15.4 Å². The van der Waals surface area contributed by atoms with E-state index < -0.39 is 5.60 Å². The number of anilines is 1. The van der Waals surface area contributed by atoms with Gasteiger partial charge in [0.1, 0.15) is 5.75 Å². The minimum atomic E-state index is -0.831. The van der Waals surface area contributed by atoms with Crippen LogP contribution in [0.4, 0.5) is 5.69 Å². The maximum atomic E-state index is 11.8. The number of hydrogen-bond acceptors (Lipinski definition) is 4. The van der Waals surface area contributed by atoms with Gasteiger partial charge in [-0.1, -0.05) is 6.07 Å². The predicted octanol–water partition coefficient (Wildman–Crippen LogP) is 1.46. The van der Waals surface area contributed by atoms with E-state index in [9.17, 15) is 4.79 Å². The Bertz CT molecular complexity index is 507. The molecule has 0 bridgehead atoms. The predicted molar refractivity (Wildman–Crippen MR) is 71.3 cm³/mol. The molecule has 2 N–H and O–H groups in total. The Hall–Kier alpha value is -1.59. The number of fused-ring (bicyclic) bond motifs is 1. The first kappa shape index (κ1) is 12.4. The molecule has 2 aliphatic heterocycles. The molecule has 5 heteroatoms. The molecule has 102 valence electrons. The van der Waals surface area contributed by atoms with Crippen LogP contribution in [0.15, 0.2) is 18.2 Å². The van der Waals surface area contributed by atoms with Crippen LogP contribution in [0.1, 0.15) is 25.5 Å². The zero-order chi connectivity index (χ0) is 13.5. The van der Waals surface area contributed by atoms with E-state index in [0.717, 1.165) is 30.2 Å². The fourth-order valence-corrected chi connectivity index (χ4v) is 2.32. The molecule has 1 saturated heterocycles. The van der Waals surface area contributed by atoms with E-state index in [0.29, 0.717) is 6.61 Å². The van der Waals surface area contributed by atoms with Gasteiger partial charge < -0.3 is 20.1 Å². The summed E-state index contributed by atoms with van der Waals surface area (Å²) in [4.78, 5) is 11.8. The van der Waals surface area contributed by atoms with Gasteiger partial charge in [0.05, 0.1) is 24.9 Å². The van der Waals surface area contributed by atoms with Gasteiger partial charge in [-0.2, -0.15) is 0 Å². The fourth-order valence-electron chi connectivity index (χ4n) is 2.32. The summed E-state index contributed by atoms with van der Waals surface area (Å²) in [5.41, 5.74) is 1.01. The minimum Gasteiger partial charge on any atom is -0.476 e. The number of nitrogens with one attached hydrogen (secondary N) is 2. The lowest BCUT2D eigenvalue weighted by Crippen LogP contribution is -2.45. The summed E-state index contributed by atoms with van der Waals surface area (Å²) >= 11 is 0. The Balaban J connectivity index is 1.89. The molecule has 0 radical (unpaired) electrons. The molecule has 2 heterocycles. The first-order valence-electron chi connectivity index (χ1n) is 6.52. The van der Waals surface area contributed by atoms with E-state index in [-0.39, 0.29) is 11.9 Å². The van der Waals surface area contributed by atoms with Crippen molar-refractivity contribution in [3.05, 3.63) is 23.8 Å². The SMILES string of the molecule is CC1(C)Oc2cc(C3COCCN3)ccc2NC1=O. The maximum Gasteiger partial charge on any atom is 0.268 e. The summed E-state index contributed by atoms with van der Waals surface area (Å²) in [7, 11) is 0. The van der Waals surface area contributed by atoms with Crippen LogP contribution in [0.3, 0.4) is 0 Å². The molecular weight excluding hydrogens is 244 g/mol. The van der Waals surface area contributed by atoms with Crippen LogP contribution in [0.25, 0.3) is 0 Å². The van der Waals surface area contributed by atoms with Crippen molar-refractivity contribution in [3.63, 3.8) is 0 Å². The zero-order valence-corrected chi connectivity index (χ0v) is 11.2. The van der Waals surface area contributed by atoms with E-state index in [1.54, 1.807) is 13.8 Å². The second kappa shape index (κ2) is 4.51. The highest BCUT2D eigenvalue weighted by Crippen LogP contribution is 2.35. The molecule has 0 spiro atoms. The normalized spacial score (nSPS) is 25.2. The van der Waals surface area contributed by atoms with Gasteiger partial charge in [-0.3, -0.25) is 4.79 Å². The van der Waals surface area contributed by atoms with Gasteiger partial charge in [0.2, 0.25) is 0 Å². The highest BCUT2D eigenvalue weighted by atomic mass is 16.5. The molecule has 1 amide bonds. The number of hydrogen-bond donors (Lipinski definition) is 2. The minimum absolute atomic E-state index is 0.119. The van der Waals surface area contributed by atoms with Crippen LogP contribution in [0.5, 0.6) is 5.75 Å². The second-order valence-electron chi connectivity index (χ2n) is 5.40. The Morgan fingerprint density at radius 2 is 2.21 bits per heavy atom. The third kappa shape index (κ3) is 2.31. The van der Waals surface area contributed by atoms with E-state index >= 15 is 0 Å². The topological polar surface area (TPSA) is 59.6 Å². The Labute approximate surface area is 112 Å². The number of ether oxygens (including phenoxy) is 2. The first-order chi connectivity index (χ1) is 9.06. The van der Waals surface area contributed by atoms with E-state index in [4.69, 9.17) is 9.47 Å². The number of morpholine rings is 1. The molecule has 0 aromatic heterocycles. The quantitative estimate of drug-likeness (QED) is 0.804. The smallest absolute Gasteiger partial charge is 0.268 e. The van der Waals surface area contributed by atoms with Gasteiger partial charge in [0.25, 0.3) is 5.91 Å². The summed E-state index contributed by atoms with van der Waals surface area (Å²) in [6, 6.07) is 6.03. The lowest BCUT2D eigenvalue weighted by molar-refractivity contribution is -0.129. The van der Waals surface area contributed by atoms with Crippen molar-refractivity contribution in [1.82, 2.24) is 5.32 Å². The van der Waals surface area contributed by atoms with Crippen molar-refractivity contribution in [2.45, 2.75) is 25.5 Å². The van der Waals surface area contributed by atoms with Crippen LogP contribution >= 0.6 is 0 Å². The summed E-state index contributed by atoms with van der Waals surface area (Å²) in [5.74, 6) is 0.598.